The molecule has 1 N–H and O–H groups in total. The van der Waals surface area contributed by atoms with E-state index in [1.165, 1.54) is 20.0 Å². The summed E-state index contributed by atoms with van der Waals surface area (Å²) in [6.07, 6.45) is 6.37. The summed E-state index contributed by atoms with van der Waals surface area (Å²) in [5.41, 5.74) is 3.30. The Kier molecular flexibility index (Phi) is 5.93. The number of hydrogen-bond donors (Lipinski definition) is 1. The predicted molar refractivity (Wildman–Crippen MR) is 115 cm³/mol. The van der Waals surface area contributed by atoms with Gasteiger partial charge in [-0.3, -0.25) is 0 Å². The molecule has 0 amide bonds. The van der Waals surface area contributed by atoms with Crippen molar-refractivity contribution in [2.75, 3.05) is 12.0 Å². The molecule has 0 aliphatic heterocycles. The topological polar surface area (TPSA) is 75.5 Å². The number of benzene rings is 2. The van der Waals surface area contributed by atoms with Gasteiger partial charge in [-0.1, -0.05) is 25.0 Å². The molecule has 3 aromatic rings. The highest BCUT2D eigenvalue weighted by Gasteiger charge is 2.25. The highest BCUT2D eigenvalue weighted by atomic mass is 16.5. The van der Waals surface area contributed by atoms with E-state index in [-0.39, 0.29) is 11.7 Å². The van der Waals surface area contributed by atoms with Crippen molar-refractivity contribution in [3.8, 4) is 17.0 Å². The van der Waals surface area contributed by atoms with E-state index in [4.69, 9.17) is 9.72 Å². The molecule has 6 heteroatoms. The monoisotopic (exact) mass is 403 g/mol. The standard InChI is InChI=1S/C24H25N3O3/c1-30-23(29)19-6-4-5-17(15-19)16-27(20-7-2-3-8-20)24-25-14-13-22(26-24)18-9-11-21(28)12-10-18/h4-6,9-15,20,28H,2-3,7-8,16H2,1H3. The van der Waals surface area contributed by atoms with Gasteiger partial charge in [-0.25, -0.2) is 14.8 Å². The summed E-state index contributed by atoms with van der Waals surface area (Å²) < 4.78 is 4.86. The molecule has 1 aliphatic rings. The number of aromatic nitrogens is 2. The predicted octanol–water partition coefficient (Wildman–Crippen LogP) is 4.59. The molecule has 1 heterocycles. The summed E-state index contributed by atoms with van der Waals surface area (Å²) in [6.45, 7) is 0.620. The lowest BCUT2D eigenvalue weighted by molar-refractivity contribution is 0.0600. The highest BCUT2D eigenvalue weighted by Crippen LogP contribution is 2.29. The van der Waals surface area contributed by atoms with E-state index < -0.39 is 0 Å². The van der Waals surface area contributed by atoms with Crippen molar-refractivity contribution in [3.63, 3.8) is 0 Å². The first kappa shape index (κ1) is 19.9. The summed E-state index contributed by atoms with van der Waals surface area (Å²) >= 11 is 0. The van der Waals surface area contributed by atoms with E-state index in [9.17, 15) is 9.90 Å². The third-order valence-corrected chi connectivity index (χ3v) is 5.53. The molecule has 1 aliphatic carbocycles. The average Bonchev–Trinajstić information content (AvgIpc) is 3.32. The Labute approximate surface area is 176 Å². The molecule has 0 radical (unpaired) electrons. The fraction of sp³-hybridized carbons (Fsp3) is 0.292. The molecule has 2 aromatic carbocycles. The number of methoxy groups -OCH3 is 1. The number of rotatable bonds is 6. The number of nitrogens with zero attached hydrogens (tertiary/aromatic N) is 3. The normalized spacial score (nSPS) is 13.9. The van der Waals surface area contributed by atoms with Crippen molar-refractivity contribution in [1.29, 1.82) is 0 Å². The minimum absolute atomic E-state index is 0.228. The number of carbonyl (C=O) groups excluding carboxylic acids is 1. The van der Waals surface area contributed by atoms with Crippen molar-refractivity contribution in [1.82, 2.24) is 9.97 Å². The Morgan fingerprint density at radius 1 is 1.13 bits per heavy atom. The molecular formula is C24H25N3O3. The summed E-state index contributed by atoms with van der Waals surface area (Å²) in [5.74, 6) is 0.567. The van der Waals surface area contributed by atoms with Gasteiger partial charge in [-0.15, -0.1) is 0 Å². The van der Waals surface area contributed by atoms with Gasteiger partial charge in [0.1, 0.15) is 5.75 Å². The number of carbonyl (C=O) groups is 1. The number of phenolic OH excluding ortho intramolecular Hbond substituents is 1. The van der Waals surface area contributed by atoms with Crippen molar-refractivity contribution < 1.29 is 14.6 Å². The van der Waals surface area contributed by atoms with Crippen LogP contribution in [-0.4, -0.2) is 34.2 Å². The smallest absolute Gasteiger partial charge is 0.337 e. The van der Waals surface area contributed by atoms with Gasteiger partial charge in [-0.05, 0) is 60.9 Å². The van der Waals surface area contributed by atoms with Crippen LogP contribution >= 0.6 is 0 Å². The van der Waals surface area contributed by atoms with E-state index in [0.717, 1.165) is 29.7 Å². The van der Waals surface area contributed by atoms with Crippen molar-refractivity contribution >= 4 is 11.9 Å². The fourth-order valence-corrected chi connectivity index (χ4v) is 3.97. The van der Waals surface area contributed by atoms with Crippen LogP contribution in [0.2, 0.25) is 0 Å². The molecule has 0 unspecified atom stereocenters. The van der Waals surface area contributed by atoms with E-state index in [1.54, 1.807) is 24.4 Å². The summed E-state index contributed by atoms with van der Waals surface area (Å²) in [7, 11) is 1.39. The minimum atomic E-state index is -0.338. The third kappa shape index (κ3) is 4.43. The first-order valence-electron chi connectivity index (χ1n) is 10.2. The van der Waals surface area contributed by atoms with Crippen LogP contribution in [0.4, 0.5) is 5.95 Å². The molecular weight excluding hydrogens is 378 g/mol. The van der Waals surface area contributed by atoms with Crippen LogP contribution < -0.4 is 4.90 Å². The van der Waals surface area contributed by atoms with Crippen molar-refractivity contribution in [3.05, 3.63) is 71.9 Å². The molecule has 154 valence electrons. The Balaban J connectivity index is 1.66. The van der Waals surface area contributed by atoms with E-state index in [1.807, 2.05) is 36.4 Å². The first-order valence-corrected chi connectivity index (χ1v) is 10.2. The SMILES string of the molecule is COC(=O)c1cccc(CN(c2nccc(-c3ccc(O)cc3)n2)C2CCCC2)c1. The maximum absolute atomic E-state index is 11.9. The van der Waals surface area contributed by atoms with Crippen LogP contribution in [-0.2, 0) is 11.3 Å². The number of hydrogen-bond acceptors (Lipinski definition) is 6. The van der Waals surface area contributed by atoms with Crippen molar-refractivity contribution in [2.45, 2.75) is 38.3 Å². The van der Waals surface area contributed by atoms with Gasteiger partial charge >= 0.3 is 5.97 Å². The van der Waals surface area contributed by atoms with E-state index >= 15 is 0 Å². The van der Waals surface area contributed by atoms with Gasteiger partial charge in [0.05, 0.1) is 18.4 Å². The van der Waals surface area contributed by atoms with Gasteiger partial charge < -0.3 is 14.7 Å². The Bertz CT molecular complexity index is 1010. The second-order valence-electron chi connectivity index (χ2n) is 7.55. The average molecular weight is 403 g/mol. The van der Waals surface area contributed by atoms with Crippen LogP contribution in [0.3, 0.4) is 0 Å². The van der Waals surface area contributed by atoms with Gasteiger partial charge in [0.15, 0.2) is 0 Å². The molecule has 0 bridgehead atoms. The summed E-state index contributed by atoms with van der Waals surface area (Å²) in [5, 5.41) is 9.56. The molecule has 30 heavy (non-hydrogen) atoms. The number of anilines is 1. The van der Waals surface area contributed by atoms with Crippen LogP contribution in [0, 0.1) is 0 Å². The van der Waals surface area contributed by atoms with E-state index in [2.05, 4.69) is 9.88 Å². The lowest BCUT2D eigenvalue weighted by atomic mass is 10.1. The second-order valence-corrected chi connectivity index (χ2v) is 7.55. The maximum atomic E-state index is 11.9. The number of phenols is 1. The molecule has 6 nitrogen and oxygen atoms in total. The highest BCUT2D eigenvalue weighted by molar-refractivity contribution is 5.89. The summed E-state index contributed by atoms with van der Waals surface area (Å²) in [4.78, 5) is 23.6. The van der Waals surface area contributed by atoms with Gasteiger partial charge in [0.25, 0.3) is 0 Å². The van der Waals surface area contributed by atoms with Gasteiger partial charge in [-0.2, -0.15) is 0 Å². The zero-order valence-corrected chi connectivity index (χ0v) is 17.0. The summed E-state index contributed by atoms with van der Waals surface area (Å²) in [6, 6.07) is 16.8. The zero-order chi connectivity index (χ0) is 20.9. The number of esters is 1. The number of aromatic hydroxyl groups is 1. The molecule has 0 spiro atoms. The van der Waals surface area contributed by atoms with Crippen LogP contribution in [0.5, 0.6) is 5.75 Å². The minimum Gasteiger partial charge on any atom is -0.508 e. The lowest BCUT2D eigenvalue weighted by Gasteiger charge is -2.29. The largest absolute Gasteiger partial charge is 0.508 e. The van der Waals surface area contributed by atoms with Gasteiger partial charge in [0.2, 0.25) is 5.95 Å². The quantitative estimate of drug-likeness (QED) is 0.607. The fourth-order valence-electron chi connectivity index (χ4n) is 3.97. The molecule has 0 atom stereocenters. The molecule has 1 saturated carbocycles. The Morgan fingerprint density at radius 3 is 2.63 bits per heavy atom. The van der Waals surface area contributed by atoms with Crippen molar-refractivity contribution in [2.24, 2.45) is 0 Å². The van der Waals surface area contributed by atoms with Gasteiger partial charge in [0, 0.05) is 24.3 Å². The van der Waals surface area contributed by atoms with Crippen LogP contribution in [0.15, 0.2) is 60.8 Å². The number of ether oxygens (including phenoxy) is 1. The van der Waals surface area contributed by atoms with E-state index in [0.29, 0.717) is 24.1 Å². The molecule has 4 rings (SSSR count). The molecule has 1 fully saturated rings. The second kappa shape index (κ2) is 8.95. The van der Waals surface area contributed by atoms with Crippen LogP contribution in [0.25, 0.3) is 11.3 Å². The lowest BCUT2D eigenvalue weighted by Crippen LogP contribution is -2.34. The maximum Gasteiger partial charge on any atom is 0.337 e. The third-order valence-electron chi connectivity index (χ3n) is 5.53. The van der Waals surface area contributed by atoms with Crippen LogP contribution in [0.1, 0.15) is 41.6 Å². The zero-order valence-electron chi connectivity index (χ0n) is 17.0. The molecule has 0 saturated heterocycles. The Morgan fingerprint density at radius 2 is 1.90 bits per heavy atom. The first-order chi connectivity index (χ1) is 14.6. The molecule has 1 aromatic heterocycles. The Hall–Kier alpha value is -3.41.